The van der Waals surface area contributed by atoms with Crippen LogP contribution in [0.3, 0.4) is 0 Å². The van der Waals surface area contributed by atoms with E-state index in [-0.39, 0.29) is 23.7 Å². The van der Waals surface area contributed by atoms with Crippen LogP contribution in [0.4, 0.5) is 4.39 Å². The molecular weight excluding hydrogens is 233 g/mol. The summed E-state index contributed by atoms with van der Waals surface area (Å²) < 4.78 is 18.5. The molecule has 2 rings (SSSR count). The van der Waals surface area contributed by atoms with Crippen LogP contribution in [0.1, 0.15) is 37.3 Å². The first-order chi connectivity index (χ1) is 8.61. The maximum atomic E-state index is 13.6. The summed E-state index contributed by atoms with van der Waals surface area (Å²) in [6.45, 7) is 0. The average Bonchev–Trinajstić information content (AvgIpc) is 2.38. The highest BCUT2D eigenvalue weighted by Crippen LogP contribution is 2.34. The van der Waals surface area contributed by atoms with Gasteiger partial charge in [0.15, 0.2) is 11.6 Å². The van der Waals surface area contributed by atoms with Gasteiger partial charge in [0.05, 0.1) is 13.2 Å². The summed E-state index contributed by atoms with van der Waals surface area (Å²) in [4.78, 5) is 0. The number of hydrogen-bond donors (Lipinski definition) is 2. The van der Waals surface area contributed by atoms with Gasteiger partial charge in [-0.1, -0.05) is 6.07 Å². The van der Waals surface area contributed by atoms with Crippen molar-refractivity contribution >= 4 is 0 Å². The summed E-state index contributed by atoms with van der Waals surface area (Å²) in [5.74, 6) is 0.188. The number of aliphatic hydroxyl groups is 1. The molecule has 1 aliphatic rings. The summed E-state index contributed by atoms with van der Waals surface area (Å²) in [7, 11) is 1.44. The lowest BCUT2D eigenvalue weighted by atomic mass is 9.80. The number of benzene rings is 1. The van der Waals surface area contributed by atoms with Crippen molar-refractivity contribution in [2.24, 2.45) is 11.7 Å². The standard InChI is InChI=1S/C14H20FNO2/c1-18-13-7-4-10(8-12(13)15)14(16)9-2-5-11(17)6-3-9/h4,7-9,11,14,17H,2-3,5-6,16H2,1H3. The third-order valence-corrected chi connectivity index (χ3v) is 3.81. The number of ether oxygens (including phenoxy) is 1. The molecule has 0 saturated heterocycles. The SMILES string of the molecule is COc1ccc(C(N)C2CCC(O)CC2)cc1F. The smallest absolute Gasteiger partial charge is 0.165 e. The molecule has 1 saturated carbocycles. The summed E-state index contributed by atoms with van der Waals surface area (Å²) in [5.41, 5.74) is 6.99. The van der Waals surface area contributed by atoms with Crippen molar-refractivity contribution in [1.29, 1.82) is 0 Å². The van der Waals surface area contributed by atoms with Crippen LogP contribution < -0.4 is 10.5 Å². The van der Waals surface area contributed by atoms with Gasteiger partial charge in [-0.05, 0) is 49.3 Å². The molecule has 0 aromatic heterocycles. The number of nitrogens with two attached hydrogens (primary N) is 1. The maximum absolute atomic E-state index is 13.6. The molecular formula is C14H20FNO2. The number of methoxy groups -OCH3 is 1. The van der Waals surface area contributed by atoms with E-state index in [0.717, 1.165) is 31.2 Å². The zero-order valence-electron chi connectivity index (χ0n) is 10.6. The minimum absolute atomic E-state index is 0.169. The molecule has 3 nitrogen and oxygen atoms in total. The van der Waals surface area contributed by atoms with Crippen LogP contribution >= 0.6 is 0 Å². The minimum atomic E-state index is -0.374. The fourth-order valence-electron chi connectivity index (χ4n) is 2.62. The van der Waals surface area contributed by atoms with E-state index in [2.05, 4.69) is 0 Å². The molecule has 1 aromatic rings. The van der Waals surface area contributed by atoms with E-state index in [4.69, 9.17) is 10.5 Å². The van der Waals surface area contributed by atoms with Gasteiger partial charge in [-0.2, -0.15) is 0 Å². The van der Waals surface area contributed by atoms with Crippen molar-refractivity contribution in [1.82, 2.24) is 0 Å². The fraction of sp³-hybridized carbons (Fsp3) is 0.571. The molecule has 1 fully saturated rings. The lowest BCUT2D eigenvalue weighted by Crippen LogP contribution is -2.27. The highest BCUT2D eigenvalue weighted by molar-refractivity contribution is 5.31. The molecule has 0 aliphatic heterocycles. The predicted octanol–water partition coefficient (Wildman–Crippen LogP) is 2.39. The Kier molecular flexibility index (Phi) is 4.19. The van der Waals surface area contributed by atoms with Gasteiger partial charge in [-0.3, -0.25) is 0 Å². The van der Waals surface area contributed by atoms with Crippen molar-refractivity contribution in [2.45, 2.75) is 37.8 Å². The second kappa shape index (κ2) is 5.67. The molecule has 3 N–H and O–H groups in total. The van der Waals surface area contributed by atoms with Crippen LogP contribution in [0.25, 0.3) is 0 Å². The van der Waals surface area contributed by atoms with E-state index in [1.807, 2.05) is 6.07 Å². The number of hydrogen-bond acceptors (Lipinski definition) is 3. The first-order valence-electron chi connectivity index (χ1n) is 6.39. The lowest BCUT2D eigenvalue weighted by molar-refractivity contribution is 0.102. The molecule has 0 amide bonds. The largest absolute Gasteiger partial charge is 0.494 e. The van der Waals surface area contributed by atoms with Crippen LogP contribution in [0.5, 0.6) is 5.75 Å². The van der Waals surface area contributed by atoms with Gasteiger partial charge in [-0.25, -0.2) is 4.39 Å². The van der Waals surface area contributed by atoms with Crippen LogP contribution in [0, 0.1) is 11.7 Å². The Balaban J connectivity index is 2.08. The van der Waals surface area contributed by atoms with E-state index in [1.165, 1.54) is 13.2 Å². The van der Waals surface area contributed by atoms with E-state index >= 15 is 0 Å². The van der Waals surface area contributed by atoms with Crippen molar-refractivity contribution in [3.63, 3.8) is 0 Å². The van der Waals surface area contributed by atoms with E-state index in [9.17, 15) is 9.50 Å². The number of rotatable bonds is 3. The van der Waals surface area contributed by atoms with Crippen molar-refractivity contribution < 1.29 is 14.2 Å². The average molecular weight is 253 g/mol. The van der Waals surface area contributed by atoms with Crippen molar-refractivity contribution in [2.75, 3.05) is 7.11 Å². The number of halogens is 1. The molecule has 1 aromatic carbocycles. The van der Waals surface area contributed by atoms with Crippen molar-refractivity contribution in [3.8, 4) is 5.75 Å². The molecule has 100 valence electrons. The zero-order valence-corrected chi connectivity index (χ0v) is 10.6. The summed E-state index contributed by atoms with van der Waals surface area (Å²) in [5, 5.41) is 9.47. The Morgan fingerprint density at radius 1 is 1.33 bits per heavy atom. The summed E-state index contributed by atoms with van der Waals surface area (Å²) >= 11 is 0. The Labute approximate surface area is 107 Å². The molecule has 0 bridgehead atoms. The molecule has 1 aliphatic carbocycles. The first kappa shape index (κ1) is 13.3. The maximum Gasteiger partial charge on any atom is 0.165 e. The summed E-state index contributed by atoms with van der Waals surface area (Å²) in [6.07, 6.45) is 3.18. The van der Waals surface area contributed by atoms with Gasteiger partial charge in [0.2, 0.25) is 0 Å². The normalized spacial score (nSPS) is 25.8. The molecule has 0 heterocycles. The fourth-order valence-corrected chi connectivity index (χ4v) is 2.62. The first-order valence-corrected chi connectivity index (χ1v) is 6.39. The Bertz CT molecular complexity index is 403. The second-order valence-corrected chi connectivity index (χ2v) is 4.99. The van der Waals surface area contributed by atoms with Gasteiger partial charge in [0.25, 0.3) is 0 Å². The van der Waals surface area contributed by atoms with Gasteiger partial charge < -0.3 is 15.6 Å². The minimum Gasteiger partial charge on any atom is -0.494 e. The van der Waals surface area contributed by atoms with Gasteiger partial charge in [-0.15, -0.1) is 0 Å². The molecule has 0 radical (unpaired) electrons. The topological polar surface area (TPSA) is 55.5 Å². The van der Waals surface area contributed by atoms with Crippen molar-refractivity contribution in [3.05, 3.63) is 29.6 Å². The van der Waals surface area contributed by atoms with Crippen LogP contribution in [0.15, 0.2) is 18.2 Å². The van der Waals surface area contributed by atoms with E-state index in [1.54, 1.807) is 6.07 Å². The van der Waals surface area contributed by atoms with Crippen LogP contribution in [0.2, 0.25) is 0 Å². The summed E-state index contributed by atoms with van der Waals surface area (Å²) in [6, 6.07) is 4.71. The van der Waals surface area contributed by atoms with Gasteiger partial charge >= 0.3 is 0 Å². The molecule has 1 atom stereocenters. The lowest BCUT2D eigenvalue weighted by Gasteiger charge is -2.30. The highest BCUT2D eigenvalue weighted by atomic mass is 19.1. The van der Waals surface area contributed by atoms with Crippen LogP contribution in [-0.2, 0) is 0 Å². The molecule has 0 spiro atoms. The van der Waals surface area contributed by atoms with E-state index < -0.39 is 0 Å². The molecule has 18 heavy (non-hydrogen) atoms. The third-order valence-electron chi connectivity index (χ3n) is 3.81. The van der Waals surface area contributed by atoms with Crippen LogP contribution in [-0.4, -0.2) is 18.3 Å². The van der Waals surface area contributed by atoms with Gasteiger partial charge in [0.1, 0.15) is 0 Å². The zero-order chi connectivity index (χ0) is 13.1. The third kappa shape index (κ3) is 2.82. The quantitative estimate of drug-likeness (QED) is 0.869. The Morgan fingerprint density at radius 3 is 2.56 bits per heavy atom. The van der Waals surface area contributed by atoms with Gasteiger partial charge in [0, 0.05) is 6.04 Å². The Morgan fingerprint density at radius 2 is 2.00 bits per heavy atom. The molecule has 4 heteroatoms. The monoisotopic (exact) mass is 253 g/mol. The Hall–Kier alpha value is -1.13. The number of aliphatic hydroxyl groups excluding tert-OH is 1. The second-order valence-electron chi connectivity index (χ2n) is 4.99. The van der Waals surface area contributed by atoms with E-state index in [0.29, 0.717) is 5.92 Å². The highest BCUT2D eigenvalue weighted by Gasteiger charge is 2.25. The molecule has 1 unspecified atom stereocenters. The predicted molar refractivity (Wildman–Crippen MR) is 67.8 cm³/mol.